The molecule has 2 nitrogen and oxygen atoms in total. The van der Waals surface area contributed by atoms with Crippen molar-refractivity contribution in [3.8, 4) is 0 Å². The predicted octanol–water partition coefficient (Wildman–Crippen LogP) is 2.99. The summed E-state index contributed by atoms with van der Waals surface area (Å²) in [4.78, 5) is 0. The van der Waals surface area contributed by atoms with Crippen LogP contribution in [0.2, 0.25) is 0 Å². The van der Waals surface area contributed by atoms with E-state index >= 15 is 0 Å². The highest BCUT2D eigenvalue weighted by molar-refractivity contribution is 4.83. The van der Waals surface area contributed by atoms with Gasteiger partial charge in [-0.05, 0) is 43.9 Å². The first-order valence-corrected chi connectivity index (χ1v) is 6.19. The van der Waals surface area contributed by atoms with Crippen LogP contribution in [0.15, 0.2) is 0 Å². The Morgan fingerprint density at radius 2 is 2.07 bits per heavy atom. The fourth-order valence-corrected chi connectivity index (χ4v) is 2.79. The van der Waals surface area contributed by atoms with Gasteiger partial charge in [0, 0.05) is 6.61 Å². The zero-order chi connectivity index (χ0) is 11.5. The van der Waals surface area contributed by atoms with Gasteiger partial charge in [0.05, 0.1) is 12.2 Å². The molecule has 15 heavy (non-hydrogen) atoms. The van der Waals surface area contributed by atoms with Crippen molar-refractivity contribution in [2.45, 2.75) is 65.6 Å². The monoisotopic (exact) mass is 214 g/mol. The lowest BCUT2D eigenvalue weighted by Gasteiger charge is -2.38. The number of rotatable bonds is 4. The van der Waals surface area contributed by atoms with Crippen molar-refractivity contribution in [3.05, 3.63) is 0 Å². The van der Waals surface area contributed by atoms with Crippen molar-refractivity contribution in [2.75, 3.05) is 6.61 Å². The maximum Gasteiger partial charge on any atom is 0.0582 e. The number of hydrogen-bond acceptors (Lipinski definition) is 2. The molecule has 0 aromatic rings. The molecule has 1 N–H and O–H groups in total. The van der Waals surface area contributed by atoms with Crippen LogP contribution in [0.5, 0.6) is 0 Å². The Labute approximate surface area is 94.0 Å². The van der Waals surface area contributed by atoms with Crippen molar-refractivity contribution in [2.24, 2.45) is 11.3 Å². The van der Waals surface area contributed by atoms with E-state index in [-0.39, 0.29) is 6.10 Å². The smallest absolute Gasteiger partial charge is 0.0582 e. The molecule has 3 unspecified atom stereocenters. The minimum atomic E-state index is -0.237. The van der Waals surface area contributed by atoms with Gasteiger partial charge in [-0.3, -0.25) is 0 Å². The molecule has 1 fully saturated rings. The molecule has 0 spiro atoms. The first kappa shape index (κ1) is 13.0. The van der Waals surface area contributed by atoms with E-state index < -0.39 is 0 Å². The highest BCUT2D eigenvalue weighted by Gasteiger charge is 2.32. The zero-order valence-electron chi connectivity index (χ0n) is 10.6. The first-order chi connectivity index (χ1) is 6.89. The van der Waals surface area contributed by atoms with Crippen LogP contribution >= 0.6 is 0 Å². The van der Waals surface area contributed by atoms with Gasteiger partial charge in [0.15, 0.2) is 0 Å². The second-order valence-corrected chi connectivity index (χ2v) is 6.04. The molecule has 1 rings (SSSR count). The minimum absolute atomic E-state index is 0.237. The quantitative estimate of drug-likeness (QED) is 0.779. The highest BCUT2D eigenvalue weighted by Crippen LogP contribution is 2.39. The van der Waals surface area contributed by atoms with E-state index in [9.17, 15) is 0 Å². The van der Waals surface area contributed by atoms with Crippen molar-refractivity contribution in [1.29, 1.82) is 0 Å². The Kier molecular flexibility index (Phi) is 4.60. The molecule has 0 saturated heterocycles. The Morgan fingerprint density at radius 1 is 1.40 bits per heavy atom. The molecule has 2 heteroatoms. The fourth-order valence-electron chi connectivity index (χ4n) is 2.79. The Balaban J connectivity index is 2.29. The lowest BCUT2D eigenvalue weighted by atomic mass is 9.71. The third-order valence-corrected chi connectivity index (χ3v) is 3.24. The van der Waals surface area contributed by atoms with Crippen LogP contribution < -0.4 is 0 Å². The first-order valence-electron chi connectivity index (χ1n) is 6.19. The van der Waals surface area contributed by atoms with Crippen LogP contribution in [0, 0.1) is 11.3 Å². The molecule has 0 bridgehead atoms. The summed E-state index contributed by atoms with van der Waals surface area (Å²) in [5.74, 6) is 0.769. The van der Waals surface area contributed by atoms with E-state index in [0.717, 1.165) is 18.8 Å². The molecule has 0 radical (unpaired) electrons. The number of ether oxygens (including phenoxy) is 1. The molecular formula is C13H26O2. The van der Waals surface area contributed by atoms with Crippen molar-refractivity contribution < 1.29 is 9.84 Å². The molecule has 0 amide bonds. The number of aliphatic hydroxyl groups excluding tert-OH is 1. The summed E-state index contributed by atoms with van der Waals surface area (Å²) in [7, 11) is 0. The molecule has 1 aliphatic carbocycles. The lowest BCUT2D eigenvalue weighted by Crippen LogP contribution is -2.33. The van der Waals surface area contributed by atoms with Crippen LogP contribution in [-0.2, 0) is 4.74 Å². The molecule has 0 aromatic heterocycles. The SMILES string of the molecule is CC(O)CCOC1CC(C)CC(C)(C)C1. The molecule has 3 atom stereocenters. The number of hydrogen-bond donors (Lipinski definition) is 1. The van der Waals surface area contributed by atoms with Crippen molar-refractivity contribution in [1.82, 2.24) is 0 Å². The van der Waals surface area contributed by atoms with Gasteiger partial charge >= 0.3 is 0 Å². The highest BCUT2D eigenvalue weighted by atomic mass is 16.5. The second kappa shape index (κ2) is 5.31. The maximum atomic E-state index is 9.16. The third kappa shape index (κ3) is 4.98. The fraction of sp³-hybridized carbons (Fsp3) is 1.00. The Morgan fingerprint density at radius 3 is 2.60 bits per heavy atom. The van der Waals surface area contributed by atoms with E-state index in [1.807, 2.05) is 6.92 Å². The van der Waals surface area contributed by atoms with Gasteiger partial charge in [-0.15, -0.1) is 0 Å². The van der Waals surface area contributed by atoms with Gasteiger partial charge in [0.25, 0.3) is 0 Å². The normalized spacial score (nSPS) is 32.6. The topological polar surface area (TPSA) is 29.5 Å². The molecule has 90 valence electrons. The van der Waals surface area contributed by atoms with Gasteiger partial charge in [-0.25, -0.2) is 0 Å². The van der Waals surface area contributed by atoms with Gasteiger partial charge in [0.1, 0.15) is 0 Å². The average Bonchev–Trinajstić information content (AvgIpc) is 1.98. The molecule has 0 heterocycles. The standard InChI is InChI=1S/C13H26O2/c1-10-7-12(9-13(3,4)8-10)15-6-5-11(2)14/h10-12,14H,5-9H2,1-4H3. The predicted molar refractivity (Wildman–Crippen MR) is 62.8 cm³/mol. The van der Waals surface area contributed by atoms with Crippen molar-refractivity contribution >= 4 is 0 Å². The average molecular weight is 214 g/mol. The summed E-state index contributed by atoms with van der Waals surface area (Å²) >= 11 is 0. The lowest BCUT2D eigenvalue weighted by molar-refractivity contribution is -0.0315. The van der Waals surface area contributed by atoms with E-state index in [0.29, 0.717) is 18.1 Å². The Hall–Kier alpha value is -0.0800. The van der Waals surface area contributed by atoms with Crippen LogP contribution in [0.4, 0.5) is 0 Å². The minimum Gasteiger partial charge on any atom is -0.393 e. The summed E-state index contributed by atoms with van der Waals surface area (Å²) < 4.78 is 5.84. The van der Waals surface area contributed by atoms with Crippen molar-refractivity contribution in [3.63, 3.8) is 0 Å². The maximum absolute atomic E-state index is 9.16. The van der Waals surface area contributed by atoms with Gasteiger partial charge in [-0.1, -0.05) is 20.8 Å². The van der Waals surface area contributed by atoms with Crippen LogP contribution in [0.3, 0.4) is 0 Å². The van der Waals surface area contributed by atoms with Gasteiger partial charge in [-0.2, -0.15) is 0 Å². The zero-order valence-corrected chi connectivity index (χ0v) is 10.6. The molecule has 1 saturated carbocycles. The summed E-state index contributed by atoms with van der Waals surface area (Å²) in [6.45, 7) is 9.48. The van der Waals surface area contributed by atoms with Crippen LogP contribution in [0.1, 0.15) is 53.4 Å². The van der Waals surface area contributed by atoms with Crippen LogP contribution in [0.25, 0.3) is 0 Å². The Bertz CT molecular complexity index is 187. The van der Waals surface area contributed by atoms with Gasteiger partial charge < -0.3 is 9.84 Å². The third-order valence-electron chi connectivity index (χ3n) is 3.24. The largest absolute Gasteiger partial charge is 0.393 e. The van der Waals surface area contributed by atoms with E-state index in [4.69, 9.17) is 9.84 Å². The second-order valence-electron chi connectivity index (χ2n) is 6.04. The van der Waals surface area contributed by atoms with E-state index in [1.165, 1.54) is 12.8 Å². The molecular weight excluding hydrogens is 188 g/mol. The summed E-state index contributed by atoms with van der Waals surface area (Å²) in [6, 6.07) is 0. The molecule has 0 aliphatic heterocycles. The summed E-state index contributed by atoms with van der Waals surface area (Å²) in [6.07, 6.45) is 4.58. The molecule has 1 aliphatic rings. The van der Waals surface area contributed by atoms with E-state index in [1.54, 1.807) is 0 Å². The van der Waals surface area contributed by atoms with Gasteiger partial charge in [0.2, 0.25) is 0 Å². The van der Waals surface area contributed by atoms with Crippen LogP contribution in [-0.4, -0.2) is 23.9 Å². The summed E-state index contributed by atoms with van der Waals surface area (Å²) in [5.41, 5.74) is 0.424. The number of aliphatic hydroxyl groups is 1. The summed E-state index contributed by atoms with van der Waals surface area (Å²) in [5, 5.41) is 9.16. The van der Waals surface area contributed by atoms with E-state index in [2.05, 4.69) is 20.8 Å². The molecule has 0 aromatic carbocycles.